The molecule has 5 aromatic rings. The highest BCUT2D eigenvalue weighted by Gasteiger charge is 2.53. The SMILES string of the molecule is CCCCN(CCCC)c1ccc2c(c1)Oc1ccc(N(Cc3ccccc3)Cc3ccccc3)cc1C21OC(=O)c2ccccc21. The fourth-order valence-corrected chi connectivity index (χ4v) is 6.96. The van der Waals surface area contributed by atoms with Gasteiger partial charge < -0.3 is 19.3 Å². The van der Waals surface area contributed by atoms with Crippen LogP contribution >= 0.6 is 0 Å². The monoisotopic (exact) mass is 622 g/mol. The van der Waals surface area contributed by atoms with E-state index in [0.717, 1.165) is 85.7 Å². The van der Waals surface area contributed by atoms with Gasteiger partial charge in [0.2, 0.25) is 0 Å². The van der Waals surface area contributed by atoms with Crippen molar-refractivity contribution >= 4 is 17.3 Å². The maximum absolute atomic E-state index is 13.6. The number of ether oxygens (including phenoxy) is 2. The summed E-state index contributed by atoms with van der Waals surface area (Å²) in [6.45, 7) is 7.91. The van der Waals surface area contributed by atoms with E-state index < -0.39 is 5.60 Å². The molecule has 0 aliphatic carbocycles. The average molecular weight is 623 g/mol. The first kappa shape index (κ1) is 30.6. The molecule has 2 aliphatic heterocycles. The second-order valence-electron chi connectivity index (χ2n) is 12.6. The molecule has 2 heterocycles. The molecule has 1 atom stereocenters. The van der Waals surface area contributed by atoms with Gasteiger partial charge >= 0.3 is 5.97 Å². The number of carbonyl (C=O) groups is 1. The fraction of sp³-hybridized carbons (Fsp3) is 0.262. The third-order valence-electron chi connectivity index (χ3n) is 9.40. The molecule has 0 saturated carbocycles. The molecule has 0 aromatic heterocycles. The lowest BCUT2D eigenvalue weighted by Crippen LogP contribution is -2.34. The van der Waals surface area contributed by atoms with Crippen LogP contribution in [0.25, 0.3) is 0 Å². The Morgan fingerprint density at radius 2 is 1.17 bits per heavy atom. The molecule has 0 fully saturated rings. The number of unbranched alkanes of at least 4 members (excludes halogenated alkanes) is 2. The summed E-state index contributed by atoms with van der Waals surface area (Å²) in [6.07, 6.45) is 4.54. The van der Waals surface area contributed by atoms with Gasteiger partial charge in [-0.05, 0) is 60.4 Å². The van der Waals surface area contributed by atoms with Crippen LogP contribution in [0.4, 0.5) is 11.4 Å². The van der Waals surface area contributed by atoms with Crippen molar-refractivity contribution in [1.82, 2.24) is 0 Å². The van der Waals surface area contributed by atoms with Crippen molar-refractivity contribution in [3.05, 3.63) is 155 Å². The van der Waals surface area contributed by atoms with Crippen LogP contribution in [-0.4, -0.2) is 19.1 Å². The molecular formula is C42H42N2O3. The number of hydrogen-bond acceptors (Lipinski definition) is 5. The van der Waals surface area contributed by atoms with Crippen molar-refractivity contribution in [3.8, 4) is 11.5 Å². The summed E-state index contributed by atoms with van der Waals surface area (Å²) in [5.41, 5.74) is 6.64. The van der Waals surface area contributed by atoms with Crippen molar-refractivity contribution in [2.24, 2.45) is 0 Å². The Labute approximate surface area is 278 Å². The highest BCUT2D eigenvalue weighted by molar-refractivity contribution is 5.97. The Morgan fingerprint density at radius 3 is 1.83 bits per heavy atom. The average Bonchev–Trinajstić information content (AvgIpc) is 3.41. The number of rotatable bonds is 12. The number of nitrogens with zero attached hydrogens (tertiary/aromatic N) is 2. The molecule has 5 heteroatoms. The highest BCUT2D eigenvalue weighted by Crippen LogP contribution is 2.57. The molecule has 7 rings (SSSR count). The van der Waals surface area contributed by atoms with Crippen LogP contribution in [-0.2, 0) is 23.4 Å². The van der Waals surface area contributed by atoms with E-state index in [1.807, 2.05) is 42.5 Å². The smallest absolute Gasteiger partial charge is 0.340 e. The Kier molecular flexibility index (Phi) is 8.71. The van der Waals surface area contributed by atoms with Crippen LogP contribution in [0, 0.1) is 0 Å². The Bertz CT molecular complexity index is 1810. The summed E-state index contributed by atoms with van der Waals surface area (Å²) in [5.74, 6) is 1.12. The number of esters is 1. The van der Waals surface area contributed by atoms with E-state index in [9.17, 15) is 4.79 Å². The minimum atomic E-state index is -1.12. The molecule has 0 amide bonds. The van der Waals surface area contributed by atoms with Crippen LogP contribution in [0.15, 0.2) is 121 Å². The van der Waals surface area contributed by atoms with E-state index in [1.165, 1.54) is 11.1 Å². The van der Waals surface area contributed by atoms with E-state index in [2.05, 4.69) is 103 Å². The van der Waals surface area contributed by atoms with Crippen molar-refractivity contribution in [1.29, 1.82) is 0 Å². The number of anilines is 2. The molecule has 47 heavy (non-hydrogen) atoms. The molecule has 0 N–H and O–H groups in total. The van der Waals surface area contributed by atoms with Gasteiger partial charge in [0.1, 0.15) is 11.5 Å². The zero-order chi connectivity index (χ0) is 32.2. The Hall–Kier alpha value is -5.03. The minimum Gasteiger partial charge on any atom is -0.456 e. The fourth-order valence-electron chi connectivity index (χ4n) is 6.96. The predicted molar refractivity (Wildman–Crippen MR) is 189 cm³/mol. The first-order valence-electron chi connectivity index (χ1n) is 17.0. The lowest BCUT2D eigenvalue weighted by atomic mass is 9.77. The summed E-state index contributed by atoms with van der Waals surface area (Å²) in [5, 5.41) is 0. The van der Waals surface area contributed by atoms with Gasteiger partial charge in [-0.3, -0.25) is 0 Å². The van der Waals surface area contributed by atoms with Gasteiger partial charge in [0, 0.05) is 60.3 Å². The maximum atomic E-state index is 13.6. The third kappa shape index (κ3) is 5.87. The Morgan fingerprint density at radius 1 is 0.574 bits per heavy atom. The maximum Gasteiger partial charge on any atom is 0.340 e. The van der Waals surface area contributed by atoms with Gasteiger partial charge in [-0.2, -0.15) is 0 Å². The molecule has 0 bridgehead atoms. The number of fused-ring (bicyclic) bond motifs is 6. The molecule has 5 aromatic carbocycles. The third-order valence-corrected chi connectivity index (χ3v) is 9.40. The van der Waals surface area contributed by atoms with Gasteiger partial charge in [0.15, 0.2) is 5.60 Å². The van der Waals surface area contributed by atoms with E-state index in [0.29, 0.717) is 11.3 Å². The van der Waals surface area contributed by atoms with E-state index in [1.54, 1.807) is 0 Å². The van der Waals surface area contributed by atoms with E-state index in [4.69, 9.17) is 9.47 Å². The van der Waals surface area contributed by atoms with Gasteiger partial charge in [-0.15, -0.1) is 0 Å². The van der Waals surface area contributed by atoms with Crippen molar-refractivity contribution in [3.63, 3.8) is 0 Å². The minimum absolute atomic E-state index is 0.313. The topological polar surface area (TPSA) is 42.0 Å². The van der Waals surface area contributed by atoms with Gasteiger partial charge in [-0.25, -0.2) is 4.79 Å². The normalized spacial score (nSPS) is 15.7. The van der Waals surface area contributed by atoms with Crippen LogP contribution in [0.2, 0.25) is 0 Å². The van der Waals surface area contributed by atoms with Crippen LogP contribution in [0.3, 0.4) is 0 Å². The van der Waals surface area contributed by atoms with Crippen LogP contribution in [0.5, 0.6) is 11.5 Å². The van der Waals surface area contributed by atoms with Crippen LogP contribution in [0.1, 0.15) is 77.7 Å². The van der Waals surface area contributed by atoms with E-state index >= 15 is 0 Å². The summed E-state index contributed by atoms with van der Waals surface area (Å²) in [6, 6.07) is 41.6. The number of benzene rings is 5. The first-order chi connectivity index (χ1) is 23.1. The molecule has 238 valence electrons. The molecule has 5 nitrogen and oxygen atoms in total. The molecule has 1 spiro atoms. The quantitative estimate of drug-likeness (QED) is 0.130. The molecular weight excluding hydrogens is 580 g/mol. The van der Waals surface area contributed by atoms with Gasteiger partial charge in [-0.1, -0.05) is 106 Å². The largest absolute Gasteiger partial charge is 0.456 e. The summed E-state index contributed by atoms with van der Waals surface area (Å²) >= 11 is 0. The zero-order valence-electron chi connectivity index (χ0n) is 27.3. The molecule has 0 radical (unpaired) electrons. The van der Waals surface area contributed by atoms with Crippen LogP contribution < -0.4 is 14.5 Å². The predicted octanol–water partition coefficient (Wildman–Crippen LogP) is 9.87. The molecule has 2 aliphatic rings. The number of carbonyl (C=O) groups excluding carboxylic acids is 1. The highest BCUT2D eigenvalue weighted by atomic mass is 16.6. The lowest BCUT2D eigenvalue weighted by molar-refractivity contribution is 0.0224. The summed E-state index contributed by atoms with van der Waals surface area (Å²) in [4.78, 5) is 18.4. The second-order valence-corrected chi connectivity index (χ2v) is 12.6. The first-order valence-corrected chi connectivity index (χ1v) is 17.0. The van der Waals surface area contributed by atoms with E-state index in [-0.39, 0.29) is 5.97 Å². The van der Waals surface area contributed by atoms with Crippen molar-refractivity contribution in [2.75, 3.05) is 22.9 Å². The summed E-state index contributed by atoms with van der Waals surface area (Å²) in [7, 11) is 0. The van der Waals surface area contributed by atoms with Gasteiger partial charge in [0.25, 0.3) is 0 Å². The van der Waals surface area contributed by atoms with Gasteiger partial charge in [0.05, 0.1) is 5.56 Å². The summed E-state index contributed by atoms with van der Waals surface area (Å²) < 4.78 is 13.3. The number of hydrogen-bond donors (Lipinski definition) is 0. The lowest BCUT2D eigenvalue weighted by Gasteiger charge is -2.38. The van der Waals surface area contributed by atoms with Crippen molar-refractivity contribution in [2.45, 2.75) is 58.2 Å². The second kappa shape index (κ2) is 13.4. The Balaban J connectivity index is 1.36. The van der Waals surface area contributed by atoms with Crippen molar-refractivity contribution < 1.29 is 14.3 Å². The standard InChI is InChI=1S/C42H42N2O3/c1-3-5-25-43(26-6-4-2)34-21-23-37-40(28-34)46-39-24-22-33(27-38(39)42(37)36-20-14-13-19-35(36)41(45)47-42)44(29-31-15-9-7-10-16-31)30-32-17-11-8-12-18-32/h7-24,27-28H,3-6,25-26,29-30H2,1-2H3. The molecule has 1 unspecified atom stereocenters. The zero-order valence-corrected chi connectivity index (χ0v) is 27.3. The molecule has 0 saturated heterocycles.